The summed E-state index contributed by atoms with van der Waals surface area (Å²) in [6, 6.07) is 0. The van der Waals surface area contributed by atoms with Crippen molar-refractivity contribution in [3.63, 3.8) is 0 Å². The van der Waals surface area contributed by atoms with Crippen LogP contribution in [0.4, 0.5) is 0 Å². The summed E-state index contributed by atoms with van der Waals surface area (Å²) in [5.74, 6) is -5.22. The fraction of sp³-hybridized carbons (Fsp3) is 0.850. The first-order chi connectivity index (χ1) is 14.3. The smallest absolute Gasteiger partial charge is 0.343 e. The zero-order valence-corrected chi connectivity index (χ0v) is 17.3. The van der Waals surface area contributed by atoms with E-state index in [9.17, 15) is 34.8 Å². The Hall–Kier alpha value is -1.79. The fourth-order valence-corrected chi connectivity index (χ4v) is 8.27. The second-order valence-corrected chi connectivity index (χ2v) is 10.8. The molecule has 0 aromatic heterocycles. The number of aliphatic hydroxyl groups is 4. The first-order valence-corrected chi connectivity index (χ1v) is 10.3. The van der Waals surface area contributed by atoms with Crippen LogP contribution in [0.3, 0.4) is 0 Å². The van der Waals surface area contributed by atoms with Crippen molar-refractivity contribution in [3.05, 3.63) is 0 Å². The molecule has 4 saturated heterocycles. The van der Waals surface area contributed by atoms with Crippen LogP contribution in [-0.2, 0) is 33.3 Å². The van der Waals surface area contributed by atoms with Crippen LogP contribution in [0.15, 0.2) is 0 Å². The molecule has 4 N–H and O–H groups in total. The van der Waals surface area contributed by atoms with Crippen molar-refractivity contribution in [1.82, 2.24) is 0 Å². The highest BCUT2D eigenvalue weighted by Crippen LogP contribution is 2.84. The summed E-state index contributed by atoms with van der Waals surface area (Å²) in [6.07, 6.45) is -9.69. The summed E-state index contributed by atoms with van der Waals surface area (Å²) in [7, 11) is 0. The molecular weight excluding hydrogens is 416 g/mol. The highest BCUT2D eigenvalue weighted by atomic mass is 16.8. The van der Waals surface area contributed by atoms with Crippen LogP contribution in [-0.4, -0.2) is 86.3 Å². The standard InChI is InChI=1S/C20H24O11/c1-5-12(24)28-11-8(22)18-10-6(21)7(16(2,3)4)17(18)9(23)13(25)30-15(17)31-20(18,14(26)29-10)19(5,11)27/h5-11,15,21-23,27H,1-4H3/t5-,6-,7+,8-,9+,10-,11+,15+,17+,18?,19-,20?/m1/s1. The molecule has 4 heterocycles. The largest absolute Gasteiger partial charge is 0.456 e. The minimum absolute atomic E-state index is 0.792. The second-order valence-electron chi connectivity index (χ2n) is 10.8. The number of esters is 3. The van der Waals surface area contributed by atoms with E-state index in [4.69, 9.17) is 18.9 Å². The van der Waals surface area contributed by atoms with E-state index < -0.39 is 94.0 Å². The molecule has 11 heteroatoms. The predicted octanol–water partition coefficient (Wildman–Crippen LogP) is -2.40. The Morgan fingerprint density at radius 1 is 0.935 bits per heavy atom. The van der Waals surface area contributed by atoms with E-state index in [0.29, 0.717) is 0 Å². The van der Waals surface area contributed by atoms with Gasteiger partial charge in [-0.3, -0.25) is 4.79 Å². The molecule has 6 rings (SSSR count). The first-order valence-electron chi connectivity index (χ1n) is 10.3. The Kier molecular flexibility index (Phi) is 3.15. The SMILES string of the molecule is C[C@@H]1C(=O)O[C@H]2[C@@H](O)C34[C@@H]5OC(=O)C3(O[C@@H]3OC(=O)[C@H](O)[C@@]34[C@H](C(C)(C)C)[C@H]5O)[C@@]12O. The molecule has 0 aromatic carbocycles. The zero-order chi connectivity index (χ0) is 22.7. The topological polar surface area (TPSA) is 169 Å². The molecule has 170 valence electrons. The normalized spacial score (nSPS) is 61.0. The van der Waals surface area contributed by atoms with Crippen LogP contribution >= 0.6 is 0 Å². The van der Waals surface area contributed by atoms with Crippen molar-refractivity contribution < 1.29 is 53.8 Å². The van der Waals surface area contributed by atoms with Crippen LogP contribution in [0.5, 0.6) is 0 Å². The Labute approximate surface area is 176 Å². The van der Waals surface area contributed by atoms with Gasteiger partial charge in [-0.05, 0) is 12.3 Å². The van der Waals surface area contributed by atoms with Gasteiger partial charge in [-0.25, -0.2) is 9.59 Å². The van der Waals surface area contributed by atoms with Gasteiger partial charge in [-0.1, -0.05) is 20.8 Å². The lowest BCUT2D eigenvalue weighted by Crippen LogP contribution is -2.67. The molecule has 2 spiro atoms. The quantitative estimate of drug-likeness (QED) is 0.234. The number of hydrogen-bond donors (Lipinski definition) is 4. The lowest BCUT2D eigenvalue weighted by atomic mass is 9.51. The molecule has 11 nitrogen and oxygen atoms in total. The molecule has 2 saturated carbocycles. The maximum absolute atomic E-state index is 13.4. The van der Waals surface area contributed by atoms with E-state index in [1.165, 1.54) is 6.92 Å². The van der Waals surface area contributed by atoms with Gasteiger partial charge in [0.05, 0.1) is 22.9 Å². The van der Waals surface area contributed by atoms with Crippen molar-refractivity contribution in [1.29, 1.82) is 0 Å². The molecule has 12 atom stereocenters. The highest BCUT2D eigenvalue weighted by molar-refractivity contribution is 5.94. The van der Waals surface area contributed by atoms with E-state index in [2.05, 4.69) is 0 Å². The summed E-state index contributed by atoms with van der Waals surface area (Å²) in [6.45, 7) is 6.63. The van der Waals surface area contributed by atoms with Gasteiger partial charge in [-0.15, -0.1) is 0 Å². The summed E-state index contributed by atoms with van der Waals surface area (Å²) in [5.41, 5.74) is -9.40. The van der Waals surface area contributed by atoms with Gasteiger partial charge in [0.2, 0.25) is 11.9 Å². The van der Waals surface area contributed by atoms with Crippen molar-refractivity contribution in [2.24, 2.45) is 28.1 Å². The lowest BCUT2D eigenvalue weighted by Gasteiger charge is -2.47. The maximum atomic E-state index is 13.4. The van der Waals surface area contributed by atoms with Crippen molar-refractivity contribution in [2.75, 3.05) is 0 Å². The lowest BCUT2D eigenvalue weighted by molar-refractivity contribution is -0.240. The number of aliphatic hydroxyl groups excluding tert-OH is 3. The summed E-state index contributed by atoms with van der Waals surface area (Å²) in [5, 5.41) is 46.1. The van der Waals surface area contributed by atoms with Crippen LogP contribution in [0.1, 0.15) is 27.7 Å². The van der Waals surface area contributed by atoms with Gasteiger partial charge in [-0.2, -0.15) is 0 Å². The number of hydrogen-bond acceptors (Lipinski definition) is 11. The Bertz CT molecular complexity index is 957. The first kappa shape index (κ1) is 19.9. The third-order valence-electron chi connectivity index (χ3n) is 8.95. The molecule has 2 aliphatic carbocycles. The molecular formula is C20H24O11. The summed E-state index contributed by atoms with van der Waals surface area (Å²) < 4.78 is 22.2. The zero-order valence-electron chi connectivity index (χ0n) is 17.3. The maximum Gasteiger partial charge on any atom is 0.343 e. The number of rotatable bonds is 0. The van der Waals surface area contributed by atoms with E-state index in [0.717, 1.165) is 0 Å². The number of carbonyl (C=O) groups is 3. The molecule has 0 aromatic rings. The van der Waals surface area contributed by atoms with E-state index in [-0.39, 0.29) is 0 Å². The Morgan fingerprint density at radius 3 is 2.19 bits per heavy atom. The van der Waals surface area contributed by atoms with Gasteiger partial charge in [0.15, 0.2) is 17.8 Å². The monoisotopic (exact) mass is 440 g/mol. The average molecular weight is 440 g/mol. The third-order valence-corrected chi connectivity index (χ3v) is 8.95. The van der Waals surface area contributed by atoms with Crippen LogP contribution < -0.4 is 0 Å². The van der Waals surface area contributed by atoms with Crippen LogP contribution in [0, 0.1) is 28.1 Å². The van der Waals surface area contributed by atoms with Gasteiger partial charge >= 0.3 is 17.9 Å². The Morgan fingerprint density at radius 2 is 1.58 bits per heavy atom. The molecule has 31 heavy (non-hydrogen) atoms. The van der Waals surface area contributed by atoms with E-state index in [1.54, 1.807) is 20.8 Å². The molecule has 2 unspecified atom stereocenters. The summed E-state index contributed by atoms with van der Waals surface area (Å²) >= 11 is 0. The third kappa shape index (κ3) is 1.43. The van der Waals surface area contributed by atoms with Gasteiger partial charge in [0.25, 0.3) is 0 Å². The summed E-state index contributed by atoms with van der Waals surface area (Å²) in [4.78, 5) is 38.3. The van der Waals surface area contributed by atoms with Crippen LogP contribution in [0.25, 0.3) is 0 Å². The minimum Gasteiger partial charge on any atom is -0.456 e. The number of fused-ring (bicyclic) bond motifs is 1. The molecule has 6 aliphatic rings. The van der Waals surface area contributed by atoms with Crippen LogP contribution in [0.2, 0.25) is 0 Å². The van der Waals surface area contributed by atoms with E-state index in [1.807, 2.05) is 0 Å². The van der Waals surface area contributed by atoms with E-state index >= 15 is 0 Å². The van der Waals surface area contributed by atoms with Crippen molar-refractivity contribution in [3.8, 4) is 0 Å². The van der Waals surface area contributed by atoms with Crippen molar-refractivity contribution in [2.45, 2.75) is 75.7 Å². The highest BCUT2D eigenvalue weighted by Gasteiger charge is 3.05. The molecule has 0 amide bonds. The van der Waals surface area contributed by atoms with Gasteiger partial charge in [0, 0.05) is 5.92 Å². The van der Waals surface area contributed by atoms with Gasteiger partial charge < -0.3 is 39.4 Å². The average Bonchev–Trinajstić information content (AvgIpc) is 3.35. The minimum atomic E-state index is -2.40. The molecule has 0 bridgehead atoms. The predicted molar refractivity (Wildman–Crippen MR) is 93.4 cm³/mol. The van der Waals surface area contributed by atoms with Gasteiger partial charge in [0.1, 0.15) is 12.2 Å². The fourth-order valence-electron chi connectivity index (χ4n) is 8.27. The number of ether oxygens (including phenoxy) is 4. The second kappa shape index (κ2) is 4.91. The molecule has 0 radical (unpaired) electrons. The molecule has 6 fully saturated rings. The Balaban J connectivity index is 1.75. The number of carbonyl (C=O) groups excluding carboxylic acids is 3. The molecule has 4 aliphatic heterocycles. The van der Waals surface area contributed by atoms with Crippen molar-refractivity contribution >= 4 is 17.9 Å².